The minimum absolute atomic E-state index is 0.144. The van der Waals surface area contributed by atoms with Crippen molar-refractivity contribution in [1.82, 2.24) is 9.88 Å². The number of anilines is 2. The molecule has 0 aliphatic carbocycles. The van der Waals surface area contributed by atoms with Crippen LogP contribution < -0.4 is 10.2 Å². The fourth-order valence-corrected chi connectivity index (χ4v) is 3.69. The number of aromatic nitrogens is 1. The van der Waals surface area contributed by atoms with Gasteiger partial charge in [-0.25, -0.2) is 4.98 Å². The molecule has 0 radical (unpaired) electrons. The standard InChI is InChI=1S/C25H28N4O/c1-18-4-6-20(7-5-18)8-11-25(30)26-21-9-10-23-22(17-21)19(2)16-24(27-23)29-14-12-28(3)13-15-29/h4-11,16-17H,12-15H2,1-3H3,(H,26,30)/b11-8-. The van der Waals surface area contributed by atoms with E-state index >= 15 is 0 Å². The van der Waals surface area contributed by atoms with E-state index in [1.165, 1.54) is 11.1 Å². The van der Waals surface area contributed by atoms with E-state index in [-0.39, 0.29) is 5.91 Å². The second-order valence-corrected chi connectivity index (χ2v) is 8.05. The van der Waals surface area contributed by atoms with Crippen LogP contribution >= 0.6 is 0 Å². The minimum Gasteiger partial charge on any atom is -0.354 e. The average Bonchev–Trinajstić information content (AvgIpc) is 2.74. The fourth-order valence-electron chi connectivity index (χ4n) is 3.69. The summed E-state index contributed by atoms with van der Waals surface area (Å²) < 4.78 is 0. The zero-order valence-corrected chi connectivity index (χ0v) is 17.9. The van der Waals surface area contributed by atoms with E-state index in [2.05, 4.69) is 35.2 Å². The maximum atomic E-state index is 12.3. The Morgan fingerprint density at radius 2 is 1.73 bits per heavy atom. The molecule has 1 amide bonds. The Hall–Kier alpha value is -3.18. The number of likely N-dealkylation sites (N-methyl/N-ethyl adjacent to an activating group) is 1. The number of amides is 1. The van der Waals surface area contributed by atoms with Crippen molar-refractivity contribution >= 4 is 34.4 Å². The van der Waals surface area contributed by atoms with Crippen LogP contribution in [0.25, 0.3) is 17.0 Å². The van der Waals surface area contributed by atoms with E-state index < -0.39 is 0 Å². The number of piperazine rings is 1. The Balaban J connectivity index is 1.49. The first-order chi connectivity index (χ1) is 14.5. The van der Waals surface area contributed by atoms with Gasteiger partial charge < -0.3 is 15.1 Å². The van der Waals surface area contributed by atoms with Crippen LogP contribution in [0.4, 0.5) is 11.5 Å². The van der Waals surface area contributed by atoms with Crippen LogP contribution in [0.15, 0.2) is 54.6 Å². The first-order valence-electron chi connectivity index (χ1n) is 10.4. The van der Waals surface area contributed by atoms with Crippen molar-refractivity contribution in [2.24, 2.45) is 0 Å². The number of pyridine rings is 1. The third-order valence-corrected chi connectivity index (χ3v) is 5.60. The molecule has 1 N–H and O–H groups in total. The van der Waals surface area contributed by atoms with Crippen LogP contribution in [-0.4, -0.2) is 49.0 Å². The zero-order valence-electron chi connectivity index (χ0n) is 17.9. The third kappa shape index (κ3) is 4.69. The first-order valence-corrected chi connectivity index (χ1v) is 10.4. The van der Waals surface area contributed by atoms with E-state index in [1.807, 2.05) is 55.5 Å². The summed E-state index contributed by atoms with van der Waals surface area (Å²) in [5.41, 5.74) is 5.11. The molecule has 3 aromatic rings. The summed E-state index contributed by atoms with van der Waals surface area (Å²) in [5.74, 6) is 0.889. The van der Waals surface area contributed by atoms with Gasteiger partial charge in [0.2, 0.25) is 5.91 Å². The van der Waals surface area contributed by atoms with Crippen molar-refractivity contribution in [3.05, 3.63) is 71.3 Å². The highest BCUT2D eigenvalue weighted by Gasteiger charge is 2.16. The third-order valence-electron chi connectivity index (χ3n) is 5.60. The van der Waals surface area contributed by atoms with Gasteiger partial charge in [0.1, 0.15) is 5.82 Å². The fraction of sp³-hybridized carbons (Fsp3) is 0.280. The summed E-state index contributed by atoms with van der Waals surface area (Å²) in [7, 11) is 2.15. The van der Waals surface area contributed by atoms with Crippen LogP contribution in [-0.2, 0) is 4.79 Å². The van der Waals surface area contributed by atoms with Crippen molar-refractivity contribution in [2.45, 2.75) is 13.8 Å². The van der Waals surface area contributed by atoms with Gasteiger partial charge in [0, 0.05) is 43.3 Å². The Kier molecular flexibility index (Phi) is 5.81. The zero-order chi connectivity index (χ0) is 21.1. The number of benzene rings is 2. The number of fused-ring (bicyclic) bond motifs is 1. The van der Waals surface area contributed by atoms with Gasteiger partial charge in [-0.15, -0.1) is 0 Å². The molecule has 5 heteroatoms. The molecule has 1 aromatic heterocycles. The molecule has 1 saturated heterocycles. The normalized spacial score (nSPS) is 15.1. The highest BCUT2D eigenvalue weighted by molar-refractivity contribution is 6.03. The minimum atomic E-state index is -0.144. The van der Waals surface area contributed by atoms with Gasteiger partial charge in [-0.2, -0.15) is 0 Å². The molecule has 0 saturated carbocycles. The molecule has 0 atom stereocenters. The monoisotopic (exact) mass is 400 g/mol. The molecule has 2 heterocycles. The quantitative estimate of drug-likeness (QED) is 0.665. The molecule has 2 aromatic carbocycles. The Morgan fingerprint density at radius 3 is 2.47 bits per heavy atom. The number of hydrogen-bond acceptors (Lipinski definition) is 4. The molecule has 5 nitrogen and oxygen atoms in total. The van der Waals surface area contributed by atoms with Gasteiger partial charge in [-0.3, -0.25) is 4.79 Å². The van der Waals surface area contributed by atoms with Crippen molar-refractivity contribution in [3.8, 4) is 0 Å². The van der Waals surface area contributed by atoms with E-state index in [0.717, 1.165) is 54.2 Å². The van der Waals surface area contributed by atoms with Gasteiger partial charge in [0.15, 0.2) is 0 Å². The second kappa shape index (κ2) is 8.67. The van der Waals surface area contributed by atoms with E-state index in [9.17, 15) is 4.79 Å². The molecule has 0 unspecified atom stereocenters. The molecule has 1 aliphatic rings. The largest absolute Gasteiger partial charge is 0.354 e. The van der Waals surface area contributed by atoms with Gasteiger partial charge in [0.25, 0.3) is 0 Å². The highest BCUT2D eigenvalue weighted by atomic mass is 16.1. The maximum Gasteiger partial charge on any atom is 0.248 e. The lowest BCUT2D eigenvalue weighted by atomic mass is 10.1. The number of carbonyl (C=O) groups excluding carboxylic acids is 1. The van der Waals surface area contributed by atoms with Crippen molar-refractivity contribution in [2.75, 3.05) is 43.4 Å². The lowest BCUT2D eigenvalue weighted by Gasteiger charge is -2.33. The SMILES string of the molecule is Cc1ccc(/C=C\C(=O)Nc2ccc3nc(N4CCN(C)CC4)cc(C)c3c2)cc1. The summed E-state index contributed by atoms with van der Waals surface area (Å²) in [6.45, 7) is 8.25. The van der Waals surface area contributed by atoms with Gasteiger partial charge >= 0.3 is 0 Å². The van der Waals surface area contributed by atoms with E-state index in [1.54, 1.807) is 6.08 Å². The van der Waals surface area contributed by atoms with Gasteiger partial charge in [0.05, 0.1) is 5.52 Å². The molecular weight excluding hydrogens is 372 g/mol. The molecular formula is C25H28N4O. The second-order valence-electron chi connectivity index (χ2n) is 8.05. The molecule has 0 bridgehead atoms. The molecule has 1 aliphatic heterocycles. The highest BCUT2D eigenvalue weighted by Crippen LogP contribution is 2.26. The number of nitrogens with one attached hydrogen (secondary N) is 1. The number of rotatable bonds is 4. The predicted octanol–water partition coefficient (Wildman–Crippen LogP) is 4.26. The molecule has 154 valence electrons. The topological polar surface area (TPSA) is 48.5 Å². The lowest BCUT2D eigenvalue weighted by molar-refractivity contribution is -0.111. The Bertz CT molecular complexity index is 1080. The van der Waals surface area contributed by atoms with Crippen LogP contribution in [0.3, 0.4) is 0 Å². The average molecular weight is 401 g/mol. The lowest BCUT2D eigenvalue weighted by Crippen LogP contribution is -2.44. The molecule has 1 fully saturated rings. The van der Waals surface area contributed by atoms with Crippen LogP contribution in [0.2, 0.25) is 0 Å². The van der Waals surface area contributed by atoms with Gasteiger partial charge in [-0.05, 0) is 62.4 Å². The summed E-state index contributed by atoms with van der Waals surface area (Å²) in [5, 5.41) is 4.02. The number of nitrogens with zero attached hydrogens (tertiary/aromatic N) is 3. The van der Waals surface area contributed by atoms with Gasteiger partial charge in [-0.1, -0.05) is 29.8 Å². The number of aryl methyl sites for hydroxylation is 2. The van der Waals surface area contributed by atoms with Crippen LogP contribution in [0.1, 0.15) is 16.7 Å². The molecule has 4 rings (SSSR count). The van der Waals surface area contributed by atoms with Crippen molar-refractivity contribution in [3.63, 3.8) is 0 Å². The summed E-state index contributed by atoms with van der Waals surface area (Å²) in [4.78, 5) is 21.9. The summed E-state index contributed by atoms with van der Waals surface area (Å²) >= 11 is 0. The number of hydrogen-bond donors (Lipinski definition) is 1. The maximum absolute atomic E-state index is 12.3. The summed E-state index contributed by atoms with van der Waals surface area (Å²) in [6, 6.07) is 16.1. The van der Waals surface area contributed by atoms with Crippen molar-refractivity contribution < 1.29 is 4.79 Å². The smallest absolute Gasteiger partial charge is 0.248 e. The Labute approximate surface area is 178 Å². The van der Waals surface area contributed by atoms with Crippen LogP contribution in [0, 0.1) is 13.8 Å². The molecule has 0 spiro atoms. The van der Waals surface area contributed by atoms with Crippen molar-refractivity contribution in [1.29, 1.82) is 0 Å². The van der Waals surface area contributed by atoms with E-state index in [0.29, 0.717) is 0 Å². The summed E-state index contributed by atoms with van der Waals surface area (Å²) in [6.07, 6.45) is 3.39. The Morgan fingerprint density at radius 1 is 1.00 bits per heavy atom. The van der Waals surface area contributed by atoms with Crippen LogP contribution in [0.5, 0.6) is 0 Å². The predicted molar refractivity (Wildman–Crippen MR) is 125 cm³/mol. The van der Waals surface area contributed by atoms with E-state index in [4.69, 9.17) is 4.98 Å². The molecule has 30 heavy (non-hydrogen) atoms. The first kappa shape index (κ1) is 20.1. The number of carbonyl (C=O) groups is 1.